The van der Waals surface area contributed by atoms with Crippen LogP contribution in [0.3, 0.4) is 0 Å². The lowest BCUT2D eigenvalue weighted by molar-refractivity contribution is -0.137. The van der Waals surface area contributed by atoms with Gasteiger partial charge in [0.05, 0.1) is 12.2 Å². The van der Waals surface area contributed by atoms with Crippen LogP contribution in [-0.4, -0.2) is 39.8 Å². The van der Waals surface area contributed by atoms with Crippen molar-refractivity contribution in [1.82, 2.24) is 5.32 Å². The van der Waals surface area contributed by atoms with Gasteiger partial charge in [-0.05, 0) is 51.4 Å². The zero-order chi connectivity index (χ0) is 20.5. The minimum absolute atomic E-state index is 0.192. The van der Waals surface area contributed by atoms with Crippen molar-refractivity contribution in [2.75, 3.05) is 25.1 Å². The molecule has 3 atom stereocenters. The van der Waals surface area contributed by atoms with Gasteiger partial charge in [-0.15, -0.1) is 5.47 Å². The molecule has 28 heavy (non-hydrogen) atoms. The summed E-state index contributed by atoms with van der Waals surface area (Å²) in [6, 6.07) is 5.58. The predicted octanol–water partition coefficient (Wildman–Crippen LogP) is 3.58. The summed E-state index contributed by atoms with van der Waals surface area (Å²) in [6.45, 7) is 5.52. The van der Waals surface area contributed by atoms with Crippen molar-refractivity contribution in [3.63, 3.8) is 0 Å². The van der Waals surface area contributed by atoms with Crippen LogP contribution in [0.5, 0.6) is 0 Å². The van der Waals surface area contributed by atoms with Crippen LogP contribution in [0, 0.1) is 11.8 Å². The number of epoxide rings is 1. The van der Waals surface area contributed by atoms with Gasteiger partial charge in [-0.25, -0.2) is 0 Å². The number of allylic oxidation sites excluding steroid dienone is 4. The summed E-state index contributed by atoms with van der Waals surface area (Å²) in [5.74, 6) is 0.511. The molecule has 0 spiro atoms. The lowest BCUT2D eigenvalue weighted by Gasteiger charge is -2.48. The van der Waals surface area contributed by atoms with Crippen LogP contribution in [0.15, 0.2) is 48.0 Å². The van der Waals surface area contributed by atoms with Crippen LogP contribution in [0.2, 0.25) is 0 Å². The average Bonchev–Trinajstić information content (AvgIpc) is 3.44. The van der Waals surface area contributed by atoms with Crippen LogP contribution < -0.4 is 10.2 Å². The van der Waals surface area contributed by atoms with Crippen LogP contribution in [-0.2, 0) is 10.9 Å². The summed E-state index contributed by atoms with van der Waals surface area (Å²) in [5.41, 5.74) is 0.806. The summed E-state index contributed by atoms with van der Waals surface area (Å²) in [4.78, 5) is 2.04. The third-order valence-corrected chi connectivity index (χ3v) is 5.96. The van der Waals surface area contributed by atoms with E-state index in [-0.39, 0.29) is 12.1 Å². The minimum atomic E-state index is -4.37. The van der Waals surface area contributed by atoms with Crippen LogP contribution >= 0.6 is 0 Å². The van der Waals surface area contributed by atoms with Crippen molar-refractivity contribution in [2.24, 2.45) is 11.8 Å². The lowest BCUT2D eigenvalue weighted by atomic mass is 9.66. The number of benzene rings is 1. The quantitative estimate of drug-likeness (QED) is 0.568. The molecule has 1 aromatic rings. The highest BCUT2D eigenvalue weighted by Crippen LogP contribution is 2.43. The van der Waals surface area contributed by atoms with Gasteiger partial charge in [-0.1, -0.05) is 24.3 Å². The Labute approximate surface area is 166 Å². The summed E-state index contributed by atoms with van der Waals surface area (Å²) in [6.07, 6.45) is 2.74. The monoisotopic (exact) mass is 392 g/mol. The molecule has 1 aliphatic carbocycles. The van der Waals surface area contributed by atoms with Crippen molar-refractivity contribution in [1.29, 1.82) is 0 Å². The number of alkyl halides is 3. The topological polar surface area (TPSA) is 27.8 Å². The molecule has 0 amide bonds. The first-order valence-corrected chi connectivity index (χ1v) is 9.72. The van der Waals surface area contributed by atoms with Crippen LogP contribution in [0.25, 0.3) is 0 Å². The van der Waals surface area contributed by atoms with Gasteiger partial charge in [0.15, 0.2) is 6.23 Å². The molecule has 3 nitrogen and oxygen atoms in total. The second-order valence-corrected chi connectivity index (χ2v) is 8.20. The Morgan fingerprint density at radius 2 is 2.04 bits per heavy atom. The molecule has 3 rings (SSSR count). The van der Waals surface area contributed by atoms with Crippen molar-refractivity contribution in [2.45, 2.75) is 38.2 Å². The van der Waals surface area contributed by atoms with Gasteiger partial charge in [0.2, 0.25) is 0 Å². The standard InChI is InChI=1S/C21H28BF3N2O/c1-20(2,17(12-26-3)16-9-4-5-10-18(16)22)27(19-13-28-19)15-8-6-7-14(11-15)21(23,24)25/h4-8,10-11,16-17,19,26H,9,12-13,22H2,1-3H3/t16?,17?,19-/m0/s1. The van der Waals surface area contributed by atoms with E-state index in [1.807, 2.05) is 11.9 Å². The maximum atomic E-state index is 13.3. The highest BCUT2D eigenvalue weighted by Gasteiger charge is 2.47. The number of hydrogen-bond donors (Lipinski definition) is 1. The van der Waals surface area contributed by atoms with E-state index in [1.54, 1.807) is 6.07 Å². The molecule has 0 radical (unpaired) electrons. The van der Waals surface area contributed by atoms with Crippen molar-refractivity contribution >= 4 is 13.5 Å². The molecule has 0 bridgehead atoms. The number of nitrogens with zero attached hydrogens (tertiary/aromatic N) is 1. The molecule has 152 valence electrons. The molecule has 1 fully saturated rings. The fraction of sp³-hybridized carbons (Fsp3) is 0.524. The fourth-order valence-corrected chi connectivity index (χ4v) is 4.41. The van der Waals surface area contributed by atoms with E-state index in [0.29, 0.717) is 18.2 Å². The first kappa shape index (κ1) is 21.0. The maximum absolute atomic E-state index is 13.3. The molecule has 2 unspecified atom stereocenters. The number of halogens is 3. The van der Waals surface area contributed by atoms with E-state index in [2.05, 4.69) is 45.2 Å². The normalized spacial score (nSPS) is 23.3. The maximum Gasteiger partial charge on any atom is 0.416 e. The van der Waals surface area contributed by atoms with Gasteiger partial charge in [-0.3, -0.25) is 0 Å². The summed E-state index contributed by atoms with van der Waals surface area (Å²) in [5, 5.41) is 3.29. The zero-order valence-corrected chi connectivity index (χ0v) is 16.9. The van der Waals surface area contributed by atoms with Gasteiger partial charge in [-0.2, -0.15) is 13.2 Å². The molecular weight excluding hydrogens is 364 g/mol. The molecule has 1 heterocycles. The van der Waals surface area contributed by atoms with E-state index in [9.17, 15) is 13.2 Å². The summed E-state index contributed by atoms with van der Waals surface area (Å²) >= 11 is 0. The molecule has 0 aromatic heterocycles. The van der Waals surface area contributed by atoms with Crippen molar-refractivity contribution in [3.8, 4) is 0 Å². The Balaban J connectivity index is 2.00. The largest absolute Gasteiger partial charge is 0.416 e. The van der Waals surface area contributed by atoms with Crippen LogP contribution in [0.4, 0.5) is 18.9 Å². The van der Waals surface area contributed by atoms with E-state index in [4.69, 9.17) is 4.74 Å². The predicted molar refractivity (Wildman–Crippen MR) is 109 cm³/mol. The number of anilines is 1. The van der Waals surface area contributed by atoms with Gasteiger partial charge >= 0.3 is 6.18 Å². The lowest BCUT2D eigenvalue weighted by Crippen LogP contribution is -2.56. The van der Waals surface area contributed by atoms with E-state index >= 15 is 0 Å². The molecule has 7 heteroatoms. The number of nitrogens with one attached hydrogen (secondary N) is 1. The second-order valence-electron chi connectivity index (χ2n) is 8.20. The Morgan fingerprint density at radius 3 is 2.61 bits per heavy atom. The number of rotatable bonds is 7. The van der Waals surface area contributed by atoms with Crippen molar-refractivity contribution in [3.05, 3.63) is 53.5 Å². The average molecular weight is 392 g/mol. The molecule has 1 aliphatic heterocycles. The Hall–Kier alpha value is -1.73. The summed E-state index contributed by atoms with van der Waals surface area (Å²) in [7, 11) is 4.05. The third-order valence-electron chi connectivity index (χ3n) is 5.96. The number of ether oxygens (including phenoxy) is 1. The number of hydrogen-bond acceptors (Lipinski definition) is 3. The Bertz CT molecular complexity index is 756. The fourth-order valence-electron chi connectivity index (χ4n) is 4.41. The van der Waals surface area contributed by atoms with E-state index in [0.717, 1.165) is 19.0 Å². The SMILES string of the molecule is BC1=CC=CCC1C(CNC)C(C)(C)N(c1cccc(C(F)(F)F)c1)[C@@H]1CO1. The molecule has 1 aromatic carbocycles. The Morgan fingerprint density at radius 1 is 1.32 bits per heavy atom. The van der Waals surface area contributed by atoms with E-state index in [1.165, 1.54) is 17.6 Å². The second kappa shape index (κ2) is 7.95. The molecule has 1 N–H and O–H groups in total. The Kier molecular flexibility index (Phi) is 5.96. The summed E-state index contributed by atoms with van der Waals surface area (Å²) < 4.78 is 45.4. The highest BCUT2D eigenvalue weighted by atomic mass is 19.4. The molecule has 2 aliphatic rings. The first-order valence-electron chi connectivity index (χ1n) is 9.72. The van der Waals surface area contributed by atoms with Crippen LogP contribution in [0.1, 0.15) is 25.8 Å². The zero-order valence-electron chi connectivity index (χ0n) is 16.9. The smallest absolute Gasteiger partial charge is 0.351 e. The van der Waals surface area contributed by atoms with Gasteiger partial charge < -0.3 is 15.0 Å². The van der Waals surface area contributed by atoms with Gasteiger partial charge in [0.25, 0.3) is 0 Å². The molecular formula is C21H28BF3N2O. The highest BCUT2D eigenvalue weighted by molar-refractivity contribution is 6.22. The van der Waals surface area contributed by atoms with Crippen molar-refractivity contribution < 1.29 is 17.9 Å². The minimum Gasteiger partial charge on any atom is -0.351 e. The first-order chi connectivity index (χ1) is 13.2. The van der Waals surface area contributed by atoms with Gasteiger partial charge in [0, 0.05) is 23.7 Å². The molecule has 1 saturated heterocycles. The van der Waals surface area contributed by atoms with E-state index < -0.39 is 17.3 Å². The molecule has 0 saturated carbocycles. The van der Waals surface area contributed by atoms with Gasteiger partial charge in [0.1, 0.15) is 7.85 Å². The third kappa shape index (κ3) is 4.30.